The average Bonchev–Trinajstić information content (AvgIpc) is 2.53. The Morgan fingerprint density at radius 3 is 2.30 bits per heavy atom. The van der Waals surface area contributed by atoms with E-state index in [1.165, 1.54) is 18.2 Å². The average molecular weight is 317 g/mol. The van der Waals surface area contributed by atoms with Crippen LogP contribution in [0.2, 0.25) is 0 Å². The number of aromatic hydroxyl groups is 1. The van der Waals surface area contributed by atoms with E-state index < -0.39 is 5.97 Å². The normalized spacial score (nSPS) is 11.1. The van der Waals surface area contributed by atoms with Crippen LogP contribution in [0, 0.1) is 0 Å². The maximum absolute atomic E-state index is 11.7. The minimum absolute atomic E-state index is 0.0397. The maximum Gasteiger partial charge on any atom is 0.336 e. The minimum atomic E-state index is -0.543. The number of nitrogens with zero attached hydrogens (tertiary/aromatic N) is 1. The number of phenolic OH excluding ortho intramolecular Hbond substituents is 1. The van der Waals surface area contributed by atoms with Gasteiger partial charge in [0.15, 0.2) is 0 Å². The van der Waals surface area contributed by atoms with E-state index in [9.17, 15) is 4.79 Å². The smallest absolute Gasteiger partial charge is 0.336 e. The summed E-state index contributed by atoms with van der Waals surface area (Å²) < 4.78 is 5.12. The summed E-state index contributed by atoms with van der Waals surface area (Å²) in [6.45, 7) is -0.0397. The molecule has 0 aliphatic heterocycles. The molecule has 2 aromatic carbocycles. The molecule has 7 nitrogen and oxygen atoms in total. The summed E-state index contributed by atoms with van der Waals surface area (Å²) in [6, 6.07) is 12.7. The van der Waals surface area contributed by atoms with Gasteiger partial charge in [-0.2, -0.15) is 0 Å². The van der Waals surface area contributed by atoms with Crippen LogP contribution in [-0.4, -0.2) is 26.9 Å². The Bertz CT molecular complexity index is 664. The van der Waals surface area contributed by atoms with Crippen LogP contribution in [0.1, 0.15) is 11.1 Å². The van der Waals surface area contributed by atoms with E-state index in [1.54, 1.807) is 42.5 Å². The molecule has 0 heterocycles. The van der Waals surface area contributed by atoms with Gasteiger partial charge < -0.3 is 9.84 Å². The Morgan fingerprint density at radius 1 is 1.04 bits per heavy atom. The van der Waals surface area contributed by atoms with Gasteiger partial charge in [-0.25, -0.2) is 9.63 Å². The summed E-state index contributed by atoms with van der Waals surface area (Å²) in [4.78, 5) is 16.1. The Labute approximate surface area is 132 Å². The third kappa shape index (κ3) is 5.89. The molecule has 0 amide bonds. The number of rotatable bonds is 6. The minimum Gasteiger partial charge on any atom is -0.508 e. The van der Waals surface area contributed by atoms with Crippen LogP contribution in [0.3, 0.4) is 0 Å². The molecular weight excluding hydrogens is 302 g/mol. The van der Waals surface area contributed by atoms with Crippen LogP contribution < -0.4 is 4.74 Å². The second-order valence-electron chi connectivity index (χ2n) is 4.52. The molecule has 7 heteroatoms. The lowest BCUT2D eigenvalue weighted by atomic mass is 10.2. The third-order valence-corrected chi connectivity index (χ3v) is 2.79. The first kappa shape index (κ1) is 16.7. The predicted octanol–water partition coefficient (Wildman–Crippen LogP) is 2.52. The number of carbonyl (C=O) groups is 1. The molecule has 0 fully saturated rings. The first-order chi connectivity index (χ1) is 11.0. The van der Waals surface area contributed by atoms with E-state index in [4.69, 9.17) is 20.3 Å². The highest BCUT2D eigenvalue weighted by atomic mass is 17.1. The number of esters is 1. The number of benzene rings is 2. The highest BCUT2D eigenvalue weighted by Crippen LogP contribution is 2.14. The molecule has 0 bridgehead atoms. The molecule has 2 aromatic rings. The van der Waals surface area contributed by atoms with Crippen LogP contribution in [0.15, 0.2) is 54.6 Å². The van der Waals surface area contributed by atoms with Gasteiger partial charge in [0.25, 0.3) is 0 Å². The monoisotopic (exact) mass is 317 g/mol. The lowest BCUT2D eigenvalue weighted by molar-refractivity contribution is -0.497. The van der Waals surface area contributed by atoms with Gasteiger partial charge in [0, 0.05) is 6.08 Å². The third-order valence-electron chi connectivity index (χ3n) is 2.79. The molecule has 0 saturated heterocycles. The molecule has 0 aromatic heterocycles. The van der Waals surface area contributed by atoms with Gasteiger partial charge in [-0.05, 0) is 41.5 Å². The van der Waals surface area contributed by atoms with Crippen molar-refractivity contribution in [2.75, 3.05) is 0 Å². The topological polar surface area (TPSA) is 99.5 Å². The molecule has 2 rings (SSSR count). The van der Waals surface area contributed by atoms with Crippen molar-refractivity contribution in [1.29, 1.82) is 0 Å². The van der Waals surface area contributed by atoms with Crippen LogP contribution >= 0.6 is 0 Å². The zero-order valence-corrected chi connectivity index (χ0v) is 12.0. The van der Waals surface area contributed by atoms with E-state index in [0.717, 1.165) is 5.56 Å². The van der Waals surface area contributed by atoms with Crippen LogP contribution in [0.4, 0.5) is 0 Å². The molecule has 23 heavy (non-hydrogen) atoms. The zero-order valence-electron chi connectivity index (χ0n) is 12.0. The molecule has 0 aliphatic rings. The van der Waals surface area contributed by atoms with Crippen LogP contribution in [0.25, 0.3) is 6.08 Å². The van der Waals surface area contributed by atoms with Gasteiger partial charge in [-0.1, -0.05) is 24.3 Å². The molecule has 0 aliphatic carbocycles. The van der Waals surface area contributed by atoms with Crippen molar-refractivity contribution >= 4 is 12.0 Å². The number of phenols is 1. The fraction of sp³-hybridized carbons (Fsp3) is 0.0625. The number of ether oxygens (including phenoxy) is 1. The van der Waals surface area contributed by atoms with Crippen molar-refractivity contribution in [2.45, 2.75) is 6.61 Å². The largest absolute Gasteiger partial charge is 0.508 e. The second kappa shape index (κ2) is 8.06. The maximum atomic E-state index is 11.7. The lowest BCUT2D eigenvalue weighted by Gasteiger charge is -2.07. The standard InChI is InChI=1S/C16H15NO6/c18-14-6-1-12(2-7-14)5-10-16(19)23-15-8-3-13(4-9-15)11-22-17(20)21/h1-10,18,20-21H,11H2/b10-5+. The predicted molar refractivity (Wildman–Crippen MR) is 79.4 cm³/mol. The number of hydrogen-bond acceptors (Lipinski definition) is 7. The highest BCUT2D eigenvalue weighted by Gasteiger charge is 2.02. The molecule has 0 spiro atoms. The molecular formula is C16H15NO6. The van der Waals surface area contributed by atoms with E-state index in [1.807, 2.05) is 0 Å². The summed E-state index contributed by atoms with van der Waals surface area (Å²) in [6.07, 6.45) is 2.85. The van der Waals surface area contributed by atoms with E-state index in [2.05, 4.69) is 4.84 Å². The van der Waals surface area contributed by atoms with E-state index >= 15 is 0 Å². The lowest BCUT2D eigenvalue weighted by Crippen LogP contribution is -2.13. The first-order valence-electron chi connectivity index (χ1n) is 6.61. The van der Waals surface area contributed by atoms with Gasteiger partial charge in [-0.3, -0.25) is 10.4 Å². The van der Waals surface area contributed by atoms with Crippen LogP contribution in [0.5, 0.6) is 11.5 Å². The first-order valence-corrected chi connectivity index (χ1v) is 6.61. The van der Waals surface area contributed by atoms with Crippen LogP contribution in [-0.2, 0) is 16.2 Å². The molecule has 0 saturated carbocycles. The fourth-order valence-electron chi connectivity index (χ4n) is 1.69. The molecule has 0 atom stereocenters. The van der Waals surface area contributed by atoms with Crippen molar-refractivity contribution in [2.24, 2.45) is 0 Å². The van der Waals surface area contributed by atoms with E-state index in [0.29, 0.717) is 11.3 Å². The Kier molecular flexibility index (Phi) is 5.84. The van der Waals surface area contributed by atoms with Crippen molar-refractivity contribution < 1.29 is 29.9 Å². The molecule has 120 valence electrons. The van der Waals surface area contributed by atoms with Gasteiger partial charge >= 0.3 is 5.97 Å². The van der Waals surface area contributed by atoms with Crippen molar-refractivity contribution in [1.82, 2.24) is 5.39 Å². The fourth-order valence-corrected chi connectivity index (χ4v) is 1.69. The number of carbonyl (C=O) groups excluding carboxylic acids is 1. The van der Waals surface area contributed by atoms with E-state index in [-0.39, 0.29) is 17.7 Å². The molecule has 0 unspecified atom stereocenters. The Balaban J connectivity index is 1.88. The quantitative estimate of drug-likeness (QED) is 0.326. The molecule has 0 radical (unpaired) electrons. The van der Waals surface area contributed by atoms with Gasteiger partial charge in [0.1, 0.15) is 11.5 Å². The van der Waals surface area contributed by atoms with Gasteiger partial charge in [-0.15, -0.1) is 0 Å². The van der Waals surface area contributed by atoms with Crippen molar-refractivity contribution in [3.63, 3.8) is 0 Å². The zero-order chi connectivity index (χ0) is 16.7. The van der Waals surface area contributed by atoms with Gasteiger partial charge in [0.05, 0.1) is 12.0 Å². The Hall–Kier alpha value is -2.71. The summed E-state index contributed by atoms with van der Waals surface area (Å²) >= 11 is 0. The summed E-state index contributed by atoms with van der Waals surface area (Å²) in [5.74, 6) is -0.0442. The summed E-state index contributed by atoms with van der Waals surface area (Å²) in [5.41, 5.74) is 1.42. The van der Waals surface area contributed by atoms with Gasteiger partial charge in [0.2, 0.25) is 0 Å². The van der Waals surface area contributed by atoms with Crippen molar-refractivity contribution in [3.8, 4) is 11.5 Å². The SMILES string of the molecule is O=C(/C=C/c1ccc(O)cc1)Oc1ccc(CON(O)O)cc1. The summed E-state index contributed by atoms with van der Waals surface area (Å²) in [5, 5.41) is 25.7. The summed E-state index contributed by atoms with van der Waals surface area (Å²) in [7, 11) is 0. The highest BCUT2D eigenvalue weighted by molar-refractivity contribution is 5.88. The second-order valence-corrected chi connectivity index (χ2v) is 4.52. The Morgan fingerprint density at radius 2 is 1.70 bits per heavy atom. The molecule has 3 N–H and O–H groups in total. The van der Waals surface area contributed by atoms with Crippen molar-refractivity contribution in [3.05, 3.63) is 65.7 Å². The number of hydrogen-bond donors (Lipinski definition) is 3.